The van der Waals surface area contributed by atoms with Crippen LogP contribution in [0.25, 0.3) is 21.3 Å². The Labute approximate surface area is 186 Å². The van der Waals surface area contributed by atoms with Crippen LogP contribution in [0.3, 0.4) is 0 Å². The lowest BCUT2D eigenvalue weighted by Gasteiger charge is -2.14. The minimum Gasteiger partial charge on any atom is -0.383 e. The van der Waals surface area contributed by atoms with E-state index in [1.54, 1.807) is 15.6 Å². The van der Waals surface area contributed by atoms with E-state index in [0.29, 0.717) is 41.8 Å². The van der Waals surface area contributed by atoms with Crippen LogP contribution < -0.4 is 5.73 Å². The third kappa shape index (κ3) is 3.36. The van der Waals surface area contributed by atoms with E-state index in [4.69, 9.17) is 5.73 Å². The molecule has 1 amide bonds. The number of rotatable bonds is 2. The van der Waals surface area contributed by atoms with Crippen LogP contribution in [0.4, 0.5) is 10.2 Å². The third-order valence-electron chi connectivity index (χ3n) is 5.41. The Morgan fingerprint density at radius 3 is 3.03 bits per heavy atom. The van der Waals surface area contributed by atoms with Crippen molar-refractivity contribution in [3.05, 3.63) is 53.2 Å². The molecule has 1 saturated heterocycles. The van der Waals surface area contributed by atoms with Crippen LogP contribution >= 0.6 is 11.3 Å². The molecule has 2 N–H and O–H groups in total. The summed E-state index contributed by atoms with van der Waals surface area (Å²) in [6, 6.07) is 3.00. The molecule has 10 heteroatoms. The highest BCUT2D eigenvalue weighted by molar-refractivity contribution is 7.18. The lowest BCUT2D eigenvalue weighted by atomic mass is 10.2. The van der Waals surface area contributed by atoms with Gasteiger partial charge in [-0.25, -0.2) is 24.0 Å². The summed E-state index contributed by atoms with van der Waals surface area (Å²) in [6.07, 6.45) is 3.38. The number of nitrogen functional groups attached to an aromatic ring is 1. The molecule has 1 aromatic carbocycles. The predicted octanol–water partition coefficient (Wildman–Crippen LogP) is 2.82. The van der Waals surface area contributed by atoms with Gasteiger partial charge in [-0.2, -0.15) is 5.10 Å². The summed E-state index contributed by atoms with van der Waals surface area (Å²) in [6.45, 7) is 6.50. The van der Waals surface area contributed by atoms with Crippen molar-refractivity contribution >= 4 is 44.3 Å². The second-order valence-electron chi connectivity index (χ2n) is 7.46. The number of nitrogens with zero attached hydrogens (tertiary/aromatic N) is 6. The Balaban J connectivity index is 1.57. The molecule has 4 aromatic rings. The Bertz CT molecular complexity index is 1460. The molecule has 5 rings (SSSR count). The van der Waals surface area contributed by atoms with E-state index in [0.717, 1.165) is 9.71 Å². The number of nitrogens with two attached hydrogens (primary N) is 1. The van der Waals surface area contributed by atoms with Crippen LogP contribution in [0.2, 0.25) is 0 Å². The number of carbonyl (C=O) groups is 1. The SMILES string of the molecule is C=CC(=O)N1CC[C@H](n2nc(C#Cc3cc4nc(C)sc4cc3F)c3c(N)ncnc32)C1. The van der Waals surface area contributed by atoms with Crippen molar-refractivity contribution in [2.45, 2.75) is 19.4 Å². The number of halogens is 1. The maximum Gasteiger partial charge on any atom is 0.246 e. The van der Waals surface area contributed by atoms with E-state index < -0.39 is 5.82 Å². The molecule has 32 heavy (non-hydrogen) atoms. The molecule has 0 aliphatic carbocycles. The fourth-order valence-corrected chi connectivity index (χ4v) is 4.73. The van der Waals surface area contributed by atoms with E-state index in [-0.39, 0.29) is 23.3 Å². The van der Waals surface area contributed by atoms with Gasteiger partial charge in [-0.1, -0.05) is 12.5 Å². The number of thiazole rings is 1. The second kappa shape index (κ2) is 7.69. The largest absolute Gasteiger partial charge is 0.383 e. The second-order valence-corrected chi connectivity index (χ2v) is 8.70. The Kier molecular flexibility index (Phi) is 4.83. The van der Waals surface area contributed by atoms with Gasteiger partial charge >= 0.3 is 0 Å². The highest BCUT2D eigenvalue weighted by atomic mass is 32.1. The predicted molar refractivity (Wildman–Crippen MR) is 120 cm³/mol. The third-order valence-corrected chi connectivity index (χ3v) is 6.35. The number of carbonyl (C=O) groups excluding carboxylic acids is 1. The normalized spacial score (nSPS) is 15.8. The number of aryl methyl sites for hydroxylation is 1. The Hall–Kier alpha value is -3.84. The molecule has 8 nitrogen and oxygen atoms in total. The number of hydrogen-bond acceptors (Lipinski definition) is 7. The molecule has 1 atom stereocenters. The Morgan fingerprint density at radius 1 is 1.38 bits per heavy atom. The first-order valence-electron chi connectivity index (χ1n) is 9.93. The maximum absolute atomic E-state index is 14.6. The van der Waals surface area contributed by atoms with Gasteiger partial charge < -0.3 is 10.6 Å². The maximum atomic E-state index is 14.6. The first-order valence-corrected chi connectivity index (χ1v) is 10.7. The molecule has 3 aromatic heterocycles. The fourth-order valence-electron chi connectivity index (χ4n) is 3.89. The van der Waals surface area contributed by atoms with Crippen molar-refractivity contribution < 1.29 is 9.18 Å². The number of fused-ring (bicyclic) bond motifs is 2. The van der Waals surface area contributed by atoms with E-state index in [9.17, 15) is 9.18 Å². The summed E-state index contributed by atoms with van der Waals surface area (Å²) in [5.74, 6) is 5.51. The average Bonchev–Trinajstić information content (AvgIpc) is 3.48. The molecule has 1 aliphatic rings. The standard InChI is InChI=1S/C22H18FN7OS/c1-3-19(31)29-7-6-14(10-29)30-22-20(21(24)25-11-26-22)16(28-30)5-4-13-8-17-18(9-15(13)23)32-12(2)27-17/h3,8-9,11,14H,1,6-7,10H2,2H3,(H2,24,25,26)/t14-/m0/s1. The van der Waals surface area contributed by atoms with Gasteiger partial charge in [0, 0.05) is 13.1 Å². The number of anilines is 1. The van der Waals surface area contributed by atoms with Gasteiger partial charge in [0.05, 0.1) is 32.2 Å². The molecule has 0 unspecified atom stereocenters. The molecule has 0 bridgehead atoms. The summed E-state index contributed by atoms with van der Waals surface area (Å²) in [7, 11) is 0. The van der Waals surface area contributed by atoms with Crippen LogP contribution in [-0.2, 0) is 4.79 Å². The summed E-state index contributed by atoms with van der Waals surface area (Å²) in [5, 5.41) is 6.00. The topological polar surface area (TPSA) is 103 Å². The monoisotopic (exact) mass is 447 g/mol. The molecule has 4 heterocycles. The van der Waals surface area contributed by atoms with Crippen LogP contribution in [0.1, 0.15) is 28.7 Å². The van der Waals surface area contributed by atoms with Crippen molar-refractivity contribution in [1.82, 2.24) is 29.6 Å². The quantitative estimate of drug-likeness (QED) is 0.374. The summed E-state index contributed by atoms with van der Waals surface area (Å²) >= 11 is 1.43. The van der Waals surface area contributed by atoms with Crippen molar-refractivity contribution in [1.29, 1.82) is 0 Å². The van der Waals surface area contributed by atoms with Gasteiger partial charge in [-0.3, -0.25) is 4.79 Å². The van der Waals surface area contributed by atoms with E-state index in [1.807, 2.05) is 6.92 Å². The first kappa shape index (κ1) is 20.1. The van der Waals surface area contributed by atoms with Crippen molar-refractivity contribution in [2.24, 2.45) is 0 Å². The van der Waals surface area contributed by atoms with Gasteiger partial charge in [0.15, 0.2) is 5.65 Å². The molecule has 1 aliphatic heterocycles. The van der Waals surface area contributed by atoms with Crippen LogP contribution in [0.5, 0.6) is 0 Å². The number of likely N-dealkylation sites (tertiary alicyclic amines) is 1. The fraction of sp³-hybridized carbons (Fsp3) is 0.227. The van der Waals surface area contributed by atoms with E-state index in [1.165, 1.54) is 29.8 Å². The zero-order valence-corrected chi connectivity index (χ0v) is 18.0. The summed E-state index contributed by atoms with van der Waals surface area (Å²) in [4.78, 5) is 26.5. The first-order chi connectivity index (χ1) is 15.4. The van der Waals surface area contributed by atoms with E-state index in [2.05, 4.69) is 38.5 Å². The molecule has 160 valence electrons. The molecular weight excluding hydrogens is 429 g/mol. The van der Waals surface area contributed by atoms with Gasteiger partial charge in [0.1, 0.15) is 23.7 Å². The smallest absolute Gasteiger partial charge is 0.246 e. The lowest BCUT2D eigenvalue weighted by Crippen LogP contribution is -2.27. The van der Waals surface area contributed by atoms with Gasteiger partial charge in [-0.05, 0) is 37.5 Å². The highest BCUT2D eigenvalue weighted by Crippen LogP contribution is 2.29. The van der Waals surface area contributed by atoms with Crippen LogP contribution in [0.15, 0.2) is 31.1 Å². The zero-order chi connectivity index (χ0) is 22.4. The molecular formula is C22H18FN7OS. The lowest BCUT2D eigenvalue weighted by molar-refractivity contribution is -0.125. The van der Waals surface area contributed by atoms with Gasteiger partial charge in [0.25, 0.3) is 0 Å². The Morgan fingerprint density at radius 2 is 2.22 bits per heavy atom. The van der Waals surface area contributed by atoms with Crippen LogP contribution in [0, 0.1) is 24.6 Å². The van der Waals surface area contributed by atoms with Gasteiger partial charge in [-0.15, -0.1) is 11.3 Å². The minimum absolute atomic E-state index is 0.0858. The van der Waals surface area contributed by atoms with Crippen LogP contribution in [-0.4, -0.2) is 48.6 Å². The minimum atomic E-state index is -0.420. The van der Waals surface area contributed by atoms with Crippen molar-refractivity contribution in [3.8, 4) is 11.8 Å². The van der Waals surface area contributed by atoms with E-state index >= 15 is 0 Å². The highest BCUT2D eigenvalue weighted by Gasteiger charge is 2.29. The number of benzene rings is 1. The van der Waals surface area contributed by atoms with Gasteiger partial charge in [0.2, 0.25) is 5.91 Å². The molecule has 0 spiro atoms. The summed E-state index contributed by atoms with van der Waals surface area (Å²) < 4.78 is 17.1. The number of amides is 1. The zero-order valence-electron chi connectivity index (χ0n) is 17.2. The molecule has 1 fully saturated rings. The van der Waals surface area contributed by atoms with Crippen molar-refractivity contribution in [3.63, 3.8) is 0 Å². The van der Waals surface area contributed by atoms with Crippen molar-refractivity contribution in [2.75, 3.05) is 18.8 Å². The summed E-state index contributed by atoms with van der Waals surface area (Å²) in [5.41, 5.74) is 7.93. The average molecular weight is 447 g/mol. The molecule has 0 radical (unpaired) electrons. The number of aromatic nitrogens is 5. The molecule has 0 saturated carbocycles. The number of hydrogen-bond donors (Lipinski definition) is 1.